The molecule has 3 rings (SSSR count). The maximum atomic E-state index is 12.1. The number of nitrogens with zero attached hydrogens (tertiary/aromatic N) is 2. The molecular weight excluding hydrogens is 344 g/mol. The van der Waals surface area contributed by atoms with E-state index in [4.69, 9.17) is 16.3 Å². The second kappa shape index (κ2) is 8.33. The number of urea groups is 1. The highest BCUT2D eigenvalue weighted by Crippen LogP contribution is 2.24. The maximum Gasteiger partial charge on any atom is 0.320 e. The van der Waals surface area contributed by atoms with Gasteiger partial charge in [-0.25, -0.2) is 9.48 Å². The lowest BCUT2D eigenvalue weighted by Crippen LogP contribution is -2.35. The first-order valence-electron chi connectivity index (χ1n) is 8.27. The molecule has 3 N–H and O–H groups in total. The average molecular weight is 365 g/mol. The zero-order chi connectivity index (χ0) is 17.6. The summed E-state index contributed by atoms with van der Waals surface area (Å²) in [7, 11) is 0. The standard InChI is InChI=1S/C17H21ClN4O3/c18-13-4-1-3-12(9-13)15-10-16(22(21-15)6-7-23)20-17(24)19-11-14-5-2-8-25-14/h1,3-4,9-10,14,23H,2,5-8,11H2,(H2,19,20,24)/t14-/m0/s1. The van der Waals surface area contributed by atoms with Gasteiger partial charge in [-0.2, -0.15) is 5.10 Å². The topological polar surface area (TPSA) is 88.4 Å². The van der Waals surface area contributed by atoms with Crippen LogP contribution in [0, 0.1) is 0 Å². The number of hydrogen-bond acceptors (Lipinski definition) is 4. The van der Waals surface area contributed by atoms with Gasteiger partial charge >= 0.3 is 6.03 Å². The number of nitrogens with one attached hydrogen (secondary N) is 2. The van der Waals surface area contributed by atoms with Crippen molar-refractivity contribution in [1.82, 2.24) is 15.1 Å². The van der Waals surface area contributed by atoms with Crippen molar-refractivity contribution in [2.45, 2.75) is 25.5 Å². The molecule has 0 bridgehead atoms. The lowest BCUT2D eigenvalue weighted by Gasteiger charge is -2.12. The first kappa shape index (κ1) is 17.7. The van der Waals surface area contributed by atoms with Gasteiger partial charge in [0.15, 0.2) is 0 Å². The van der Waals surface area contributed by atoms with Crippen molar-refractivity contribution in [1.29, 1.82) is 0 Å². The number of ether oxygens (including phenoxy) is 1. The summed E-state index contributed by atoms with van der Waals surface area (Å²) in [5.41, 5.74) is 1.51. The van der Waals surface area contributed by atoms with Crippen LogP contribution in [0.4, 0.5) is 10.6 Å². The number of hydrogen-bond donors (Lipinski definition) is 3. The number of anilines is 1. The molecule has 1 aromatic heterocycles. The van der Waals surface area contributed by atoms with Crippen molar-refractivity contribution in [3.05, 3.63) is 35.4 Å². The normalized spacial score (nSPS) is 16.8. The minimum atomic E-state index is -0.327. The van der Waals surface area contributed by atoms with Gasteiger partial charge in [-0.3, -0.25) is 5.32 Å². The van der Waals surface area contributed by atoms with Gasteiger partial charge in [-0.05, 0) is 25.0 Å². The minimum absolute atomic E-state index is 0.0788. The Hall–Kier alpha value is -2.09. The molecule has 0 saturated carbocycles. The molecule has 8 heteroatoms. The fourth-order valence-corrected chi connectivity index (χ4v) is 2.93. The fourth-order valence-electron chi connectivity index (χ4n) is 2.74. The molecule has 0 radical (unpaired) electrons. The third-order valence-corrected chi connectivity index (χ3v) is 4.20. The molecule has 0 unspecified atom stereocenters. The summed E-state index contributed by atoms with van der Waals surface area (Å²) in [4.78, 5) is 12.1. The lowest BCUT2D eigenvalue weighted by atomic mass is 10.1. The van der Waals surface area contributed by atoms with E-state index in [9.17, 15) is 9.90 Å². The lowest BCUT2D eigenvalue weighted by molar-refractivity contribution is 0.112. The van der Waals surface area contributed by atoms with Crippen LogP contribution in [0.15, 0.2) is 30.3 Å². The Labute approximate surface area is 150 Å². The van der Waals surface area contributed by atoms with Crippen LogP contribution >= 0.6 is 11.6 Å². The second-order valence-corrected chi connectivity index (χ2v) is 6.28. The summed E-state index contributed by atoms with van der Waals surface area (Å²) in [5.74, 6) is 0.508. The highest BCUT2D eigenvalue weighted by Gasteiger charge is 2.17. The molecule has 134 valence electrons. The highest BCUT2D eigenvalue weighted by atomic mass is 35.5. The van der Waals surface area contributed by atoms with E-state index in [1.54, 1.807) is 22.9 Å². The Kier molecular flexibility index (Phi) is 5.91. The van der Waals surface area contributed by atoms with Gasteiger partial charge in [0.25, 0.3) is 0 Å². The first-order chi connectivity index (χ1) is 12.2. The first-order valence-corrected chi connectivity index (χ1v) is 8.64. The van der Waals surface area contributed by atoms with Crippen molar-refractivity contribution < 1.29 is 14.6 Å². The van der Waals surface area contributed by atoms with Crippen LogP contribution in [0.5, 0.6) is 0 Å². The second-order valence-electron chi connectivity index (χ2n) is 5.84. The highest BCUT2D eigenvalue weighted by molar-refractivity contribution is 6.30. The summed E-state index contributed by atoms with van der Waals surface area (Å²) >= 11 is 6.02. The van der Waals surface area contributed by atoms with Crippen LogP contribution in [0.3, 0.4) is 0 Å². The molecule has 7 nitrogen and oxygen atoms in total. The van der Waals surface area contributed by atoms with Crippen LogP contribution in [-0.2, 0) is 11.3 Å². The van der Waals surface area contributed by atoms with E-state index in [0.29, 0.717) is 23.1 Å². The summed E-state index contributed by atoms with van der Waals surface area (Å²) in [6.07, 6.45) is 2.07. The van der Waals surface area contributed by atoms with E-state index < -0.39 is 0 Å². The van der Waals surface area contributed by atoms with Crippen molar-refractivity contribution in [2.24, 2.45) is 0 Å². The van der Waals surface area contributed by atoms with E-state index in [1.807, 2.05) is 12.1 Å². The van der Waals surface area contributed by atoms with Crippen molar-refractivity contribution >= 4 is 23.4 Å². The quantitative estimate of drug-likeness (QED) is 0.734. The molecule has 1 fully saturated rings. The van der Waals surface area contributed by atoms with E-state index >= 15 is 0 Å². The molecule has 0 spiro atoms. The number of amides is 2. The molecule has 1 saturated heterocycles. The number of aliphatic hydroxyl groups is 1. The molecule has 2 aromatic rings. The summed E-state index contributed by atoms with van der Waals surface area (Å²) in [6.45, 7) is 1.42. The van der Waals surface area contributed by atoms with Crippen molar-refractivity contribution in [3.63, 3.8) is 0 Å². The average Bonchev–Trinajstić information content (AvgIpc) is 3.24. The van der Waals surface area contributed by atoms with Crippen LogP contribution in [-0.4, -0.2) is 46.8 Å². The summed E-state index contributed by atoms with van der Waals surface area (Å²) in [5, 5.41) is 19.8. The number of aromatic nitrogens is 2. The van der Waals surface area contributed by atoms with Crippen LogP contribution < -0.4 is 10.6 Å². The molecule has 1 aliphatic rings. The smallest absolute Gasteiger partial charge is 0.320 e. The molecule has 1 aromatic carbocycles. The van der Waals surface area contributed by atoms with Crippen LogP contribution in [0.2, 0.25) is 5.02 Å². The minimum Gasteiger partial charge on any atom is -0.394 e. The van der Waals surface area contributed by atoms with Gasteiger partial charge in [0.05, 0.1) is 24.9 Å². The maximum absolute atomic E-state index is 12.1. The zero-order valence-corrected chi connectivity index (χ0v) is 14.5. The third-order valence-electron chi connectivity index (χ3n) is 3.97. The number of benzene rings is 1. The zero-order valence-electron chi connectivity index (χ0n) is 13.7. The molecule has 1 aliphatic heterocycles. The Balaban J connectivity index is 1.69. The van der Waals surface area contributed by atoms with Gasteiger partial charge in [0, 0.05) is 29.8 Å². The fraction of sp³-hybridized carbons (Fsp3) is 0.412. The molecular formula is C17H21ClN4O3. The summed E-state index contributed by atoms with van der Waals surface area (Å²) in [6, 6.07) is 8.74. The number of carbonyl (C=O) groups excluding carboxylic acids is 1. The van der Waals surface area contributed by atoms with Gasteiger partial charge in [0.1, 0.15) is 5.82 Å². The Bertz CT molecular complexity index is 728. The third kappa shape index (κ3) is 4.72. The van der Waals surface area contributed by atoms with E-state index in [0.717, 1.165) is 25.0 Å². The predicted octanol–water partition coefficient (Wildman–Crippen LogP) is 2.50. The van der Waals surface area contributed by atoms with E-state index in [1.165, 1.54) is 0 Å². The predicted molar refractivity (Wildman–Crippen MR) is 95.8 cm³/mol. The van der Waals surface area contributed by atoms with Gasteiger partial charge in [0.2, 0.25) is 0 Å². The molecule has 2 amide bonds. The van der Waals surface area contributed by atoms with Gasteiger partial charge in [-0.15, -0.1) is 0 Å². The SMILES string of the molecule is O=C(NC[C@@H]1CCCO1)Nc1cc(-c2cccc(Cl)c2)nn1CCO. The number of aliphatic hydroxyl groups excluding tert-OH is 1. The monoisotopic (exact) mass is 364 g/mol. The van der Waals surface area contributed by atoms with Crippen LogP contribution in [0.1, 0.15) is 12.8 Å². The largest absolute Gasteiger partial charge is 0.394 e. The number of halogens is 1. The molecule has 1 atom stereocenters. The Morgan fingerprint density at radius 3 is 3.04 bits per heavy atom. The van der Waals surface area contributed by atoms with Crippen molar-refractivity contribution in [3.8, 4) is 11.3 Å². The number of rotatable bonds is 6. The van der Waals surface area contributed by atoms with Gasteiger partial charge in [-0.1, -0.05) is 23.7 Å². The van der Waals surface area contributed by atoms with Crippen molar-refractivity contribution in [2.75, 3.05) is 25.1 Å². The van der Waals surface area contributed by atoms with E-state index in [2.05, 4.69) is 15.7 Å². The van der Waals surface area contributed by atoms with E-state index in [-0.39, 0.29) is 25.3 Å². The molecule has 0 aliphatic carbocycles. The van der Waals surface area contributed by atoms with Gasteiger partial charge < -0.3 is 15.2 Å². The summed E-state index contributed by atoms with van der Waals surface area (Å²) < 4.78 is 7.04. The molecule has 25 heavy (non-hydrogen) atoms. The Morgan fingerprint density at radius 1 is 1.44 bits per heavy atom. The number of carbonyl (C=O) groups is 1. The Morgan fingerprint density at radius 2 is 2.32 bits per heavy atom. The molecule has 2 heterocycles. The van der Waals surface area contributed by atoms with Crippen LogP contribution in [0.25, 0.3) is 11.3 Å².